The van der Waals surface area contributed by atoms with Gasteiger partial charge in [-0.15, -0.1) is 0 Å². The van der Waals surface area contributed by atoms with Crippen LogP contribution >= 0.6 is 11.6 Å². The van der Waals surface area contributed by atoms with E-state index < -0.39 is 0 Å². The standard InChI is InChI=1S/C18H20ClN5O2/c19-14-4-3-5-15(12-14)22-17(25)13-21-18(26)24-10-8-23(9-11-24)16-6-1-2-7-20-16/h1-7,12H,8-11,13H2,(H,21,26)(H,22,25). The average molecular weight is 374 g/mol. The number of hydrogen-bond donors (Lipinski definition) is 2. The highest BCUT2D eigenvalue weighted by atomic mass is 35.5. The Kier molecular flexibility index (Phi) is 5.91. The topological polar surface area (TPSA) is 77.6 Å². The minimum absolute atomic E-state index is 0.0915. The molecule has 0 radical (unpaired) electrons. The van der Waals surface area contributed by atoms with Crippen molar-refractivity contribution in [2.75, 3.05) is 42.9 Å². The molecule has 1 fully saturated rings. The van der Waals surface area contributed by atoms with E-state index in [1.807, 2.05) is 18.2 Å². The van der Waals surface area contributed by atoms with Gasteiger partial charge in [-0.2, -0.15) is 0 Å². The van der Waals surface area contributed by atoms with Crippen molar-refractivity contribution >= 4 is 35.0 Å². The molecule has 1 saturated heterocycles. The van der Waals surface area contributed by atoms with Gasteiger partial charge in [0.15, 0.2) is 0 Å². The molecule has 0 saturated carbocycles. The minimum Gasteiger partial charge on any atom is -0.353 e. The van der Waals surface area contributed by atoms with Crippen molar-refractivity contribution in [3.05, 3.63) is 53.7 Å². The Bertz CT molecular complexity index is 763. The van der Waals surface area contributed by atoms with Crippen molar-refractivity contribution in [3.63, 3.8) is 0 Å². The summed E-state index contributed by atoms with van der Waals surface area (Å²) in [5, 5.41) is 5.89. The van der Waals surface area contributed by atoms with E-state index in [1.165, 1.54) is 0 Å². The Morgan fingerprint density at radius 2 is 1.88 bits per heavy atom. The minimum atomic E-state index is -0.298. The maximum absolute atomic E-state index is 12.2. The van der Waals surface area contributed by atoms with Crippen molar-refractivity contribution in [2.45, 2.75) is 0 Å². The smallest absolute Gasteiger partial charge is 0.317 e. The Morgan fingerprint density at radius 1 is 1.08 bits per heavy atom. The Balaban J connectivity index is 1.42. The number of urea groups is 1. The van der Waals surface area contributed by atoms with Crippen LogP contribution in [0, 0.1) is 0 Å². The van der Waals surface area contributed by atoms with Gasteiger partial charge in [0.25, 0.3) is 0 Å². The molecule has 3 amide bonds. The second kappa shape index (κ2) is 8.53. The van der Waals surface area contributed by atoms with Gasteiger partial charge in [0.2, 0.25) is 5.91 Å². The van der Waals surface area contributed by atoms with Crippen molar-refractivity contribution in [3.8, 4) is 0 Å². The van der Waals surface area contributed by atoms with Gasteiger partial charge in [-0.3, -0.25) is 4.79 Å². The third-order valence-corrected chi connectivity index (χ3v) is 4.28. The molecular weight excluding hydrogens is 354 g/mol. The number of rotatable bonds is 4. The predicted octanol–water partition coefficient (Wildman–Crippen LogP) is 2.21. The number of anilines is 2. The number of halogens is 1. The lowest BCUT2D eigenvalue weighted by molar-refractivity contribution is -0.115. The lowest BCUT2D eigenvalue weighted by Crippen LogP contribution is -2.52. The van der Waals surface area contributed by atoms with Crippen LogP contribution in [-0.2, 0) is 4.79 Å². The lowest BCUT2D eigenvalue weighted by atomic mass is 10.3. The summed E-state index contributed by atoms with van der Waals surface area (Å²) >= 11 is 5.88. The second-order valence-corrected chi connectivity index (χ2v) is 6.32. The summed E-state index contributed by atoms with van der Waals surface area (Å²) in [5.41, 5.74) is 0.598. The third kappa shape index (κ3) is 4.86. The maximum atomic E-state index is 12.2. The number of piperazine rings is 1. The molecule has 1 aromatic heterocycles. The molecule has 2 heterocycles. The molecule has 2 N–H and O–H groups in total. The van der Waals surface area contributed by atoms with Crippen molar-refractivity contribution < 1.29 is 9.59 Å². The summed E-state index contributed by atoms with van der Waals surface area (Å²) in [7, 11) is 0. The fourth-order valence-electron chi connectivity index (χ4n) is 2.72. The molecule has 26 heavy (non-hydrogen) atoms. The number of amides is 3. The number of hydrogen-bond acceptors (Lipinski definition) is 4. The van der Waals surface area contributed by atoms with Gasteiger partial charge in [-0.1, -0.05) is 23.7 Å². The van der Waals surface area contributed by atoms with Gasteiger partial charge in [0.05, 0.1) is 6.54 Å². The maximum Gasteiger partial charge on any atom is 0.317 e. The highest BCUT2D eigenvalue weighted by Crippen LogP contribution is 2.15. The van der Waals surface area contributed by atoms with Gasteiger partial charge in [-0.25, -0.2) is 9.78 Å². The molecule has 0 bridgehead atoms. The number of nitrogens with zero attached hydrogens (tertiary/aromatic N) is 3. The number of nitrogens with one attached hydrogen (secondary N) is 2. The van der Waals surface area contributed by atoms with Gasteiger partial charge in [-0.05, 0) is 30.3 Å². The zero-order valence-corrected chi connectivity index (χ0v) is 14.9. The normalized spacial score (nSPS) is 14.0. The number of carbonyl (C=O) groups is 2. The van der Waals surface area contributed by atoms with E-state index in [0.717, 1.165) is 5.82 Å². The number of pyridine rings is 1. The van der Waals surface area contributed by atoms with Crippen molar-refractivity contribution in [1.82, 2.24) is 15.2 Å². The molecule has 0 spiro atoms. The van der Waals surface area contributed by atoms with Gasteiger partial charge >= 0.3 is 6.03 Å². The summed E-state index contributed by atoms with van der Waals surface area (Å²) in [6.07, 6.45) is 1.76. The largest absolute Gasteiger partial charge is 0.353 e. The van der Waals surface area contributed by atoms with E-state index >= 15 is 0 Å². The van der Waals surface area contributed by atoms with E-state index in [1.54, 1.807) is 35.4 Å². The zero-order valence-electron chi connectivity index (χ0n) is 14.2. The van der Waals surface area contributed by atoms with Crippen LogP contribution in [0.2, 0.25) is 5.02 Å². The number of aromatic nitrogens is 1. The molecule has 0 aliphatic carbocycles. The van der Waals surface area contributed by atoms with Crippen LogP contribution in [0.3, 0.4) is 0 Å². The van der Waals surface area contributed by atoms with Crippen LogP contribution in [0.25, 0.3) is 0 Å². The van der Waals surface area contributed by atoms with Crippen LogP contribution in [0.15, 0.2) is 48.7 Å². The van der Waals surface area contributed by atoms with Crippen molar-refractivity contribution in [1.29, 1.82) is 0 Å². The molecule has 8 heteroatoms. The monoisotopic (exact) mass is 373 g/mol. The fraction of sp³-hybridized carbons (Fsp3) is 0.278. The molecule has 7 nitrogen and oxygen atoms in total. The van der Waals surface area contributed by atoms with Crippen molar-refractivity contribution in [2.24, 2.45) is 0 Å². The molecule has 0 unspecified atom stereocenters. The highest BCUT2D eigenvalue weighted by Gasteiger charge is 2.21. The predicted molar refractivity (Wildman–Crippen MR) is 102 cm³/mol. The van der Waals surface area contributed by atoms with Crippen LogP contribution in [0.1, 0.15) is 0 Å². The first kappa shape index (κ1) is 18.0. The summed E-state index contributed by atoms with van der Waals surface area (Å²) in [6, 6.07) is 12.4. The number of carbonyl (C=O) groups excluding carboxylic acids is 2. The summed E-state index contributed by atoms with van der Waals surface area (Å²) in [6.45, 7) is 2.49. The van der Waals surface area contributed by atoms with E-state index in [4.69, 9.17) is 11.6 Å². The summed E-state index contributed by atoms with van der Waals surface area (Å²) in [4.78, 5) is 32.3. The SMILES string of the molecule is O=C(CNC(=O)N1CCN(c2ccccn2)CC1)Nc1cccc(Cl)c1. The molecular formula is C18H20ClN5O2. The molecule has 1 aliphatic rings. The van der Waals surface area contributed by atoms with Gasteiger partial charge < -0.3 is 20.4 Å². The molecule has 3 rings (SSSR count). The lowest BCUT2D eigenvalue weighted by Gasteiger charge is -2.35. The first-order valence-electron chi connectivity index (χ1n) is 8.36. The average Bonchev–Trinajstić information content (AvgIpc) is 2.67. The van der Waals surface area contributed by atoms with E-state index in [-0.39, 0.29) is 18.5 Å². The summed E-state index contributed by atoms with van der Waals surface area (Å²) in [5.74, 6) is 0.612. The Hall–Kier alpha value is -2.80. The van der Waals surface area contributed by atoms with Crippen LogP contribution in [-0.4, -0.2) is 54.5 Å². The van der Waals surface area contributed by atoms with Crippen LogP contribution in [0.4, 0.5) is 16.3 Å². The van der Waals surface area contributed by atoms with E-state index in [2.05, 4.69) is 20.5 Å². The van der Waals surface area contributed by atoms with Crippen LogP contribution in [0.5, 0.6) is 0 Å². The van der Waals surface area contributed by atoms with Gasteiger partial charge in [0.1, 0.15) is 5.82 Å². The Labute approximate surface area is 157 Å². The molecule has 1 aliphatic heterocycles. The number of benzene rings is 1. The van der Waals surface area contributed by atoms with Gasteiger partial charge in [0, 0.05) is 43.1 Å². The van der Waals surface area contributed by atoms with Crippen LogP contribution < -0.4 is 15.5 Å². The zero-order chi connectivity index (χ0) is 18.4. The third-order valence-electron chi connectivity index (χ3n) is 4.05. The van der Waals surface area contributed by atoms with E-state index in [0.29, 0.717) is 36.9 Å². The summed E-state index contributed by atoms with van der Waals surface area (Å²) < 4.78 is 0. The molecule has 1 aromatic carbocycles. The molecule has 2 aromatic rings. The second-order valence-electron chi connectivity index (χ2n) is 5.88. The Morgan fingerprint density at radius 3 is 2.58 bits per heavy atom. The van der Waals surface area contributed by atoms with E-state index in [9.17, 15) is 9.59 Å². The highest BCUT2D eigenvalue weighted by molar-refractivity contribution is 6.30. The quantitative estimate of drug-likeness (QED) is 0.861. The molecule has 0 atom stereocenters. The molecule has 136 valence electrons. The fourth-order valence-corrected chi connectivity index (χ4v) is 2.91. The first-order chi connectivity index (χ1) is 12.6. The first-order valence-corrected chi connectivity index (χ1v) is 8.74.